The molecule has 0 saturated heterocycles. The summed E-state index contributed by atoms with van der Waals surface area (Å²) in [6, 6.07) is 3.75. The van der Waals surface area contributed by atoms with Gasteiger partial charge in [0.2, 0.25) is 0 Å². The third-order valence-corrected chi connectivity index (χ3v) is 3.89. The van der Waals surface area contributed by atoms with Gasteiger partial charge >= 0.3 is 0 Å². The van der Waals surface area contributed by atoms with Gasteiger partial charge in [-0.1, -0.05) is 0 Å². The van der Waals surface area contributed by atoms with Crippen LogP contribution in [0.5, 0.6) is 0 Å². The van der Waals surface area contributed by atoms with Crippen LogP contribution in [0.3, 0.4) is 0 Å². The minimum absolute atomic E-state index is 0.434. The van der Waals surface area contributed by atoms with Gasteiger partial charge in [-0.2, -0.15) is 0 Å². The molecule has 0 aromatic carbocycles. The van der Waals surface area contributed by atoms with E-state index < -0.39 is 5.60 Å². The number of hydrogen-bond donors (Lipinski definition) is 1. The maximum absolute atomic E-state index is 9.15. The maximum Gasteiger partial charge on any atom is 0.163 e. The highest BCUT2D eigenvalue weighted by atomic mass is 17.1. The highest BCUT2D eigenvalue weighted by Gasteiger charge is 2.55. The molecule has 14 heavy (non-hydrogen) atoms. The van der Waals surface area contributed by atoms with Crippen molar-refractivity contribution in [3.8, 4) is 0 Å². The normalized spacial score (nSPS) is 40.6. The molecule has 3 heteroatoms. The maximum atomic E-state index is 9.15. The van der Waals surface area contributed by atoms with Crippen molar-refractivity contribution in [1.82, 2.24) is 0 Å². The van der Waals surface area contributed by atoms with Gasteiger partial charge in [0.05, 0.1) is 6.26 Å². The summed E-state index contributed by atoms with van der Waals surface area (Å²) in [5, 5.41) is 9.15. The van der Waals surface area contributed by atoms with Gasteiger partial charge in [-0.25, -0.2) is 4.89 Å². The van der Waals surface area contributed by atoms with Gasteiger partial charge < -0.3 is 4.42 Å². The molecule has 0 amide bonds. The summed E-state index contributed by atoms with van der Waals surface area (Å²) in [5.74, 6) is 1.92. The molecule has 1 N–H and O–H groups in total. The fraction of sp³-hybridized carbons (Fsp3) is 0.636. The Labute approximate surface area is 82.6 Å². The summed E-state index contributed by atoms with van der Waals surface area (Å²) >= 11 is 0. The number of furan rings is 1. The van der Waals surface area contributed by atoms with Crippen LogP contribution in [-0.4, -0.2) is 5.26 Å². The Hall–Kier alpha value is -0.800. The molecule has 3 nitrogen and oxygen atoms in total. The minimum atomic E-state index is -0.535. The standard InChI is InChI=1S/C11H14O3/c12-14-11(10-2-1-5-13-10)7-8-3-4-9(11)6-8/h1-2,5,8-9,12H,3-4,6-7H2/t8?,9?,11-/m0/s1. The molecule has 2 bridgehead atoms. The van der Waals surface area contributed by atoms with Crippen LogP contribution < -0.4 is 0 Å². The van der Waals surface area contributed by atoms with Gasteiger partial charge in [-0.05, 0) is 49.7 Å². The van der Waals surface area contributed by atoms with Crippen molar-refractivity contribution in [1.29, 1.82) is 0 Å². The first-order valence-electron chi connectivity index (χ1n) is 5.22. The lowest BCUT2D eigenvalue weighted by atomic mass is 9.82. The Bertz CT molecular complexity index is 319. The van der Waals surface area contributed by atoms with Crippen LogP contribution in [0.2, 0.25) is 0 Å². The molecule has 76 valence electrons. The van der Waals surface area contributed by atoms with Gasteiger partial charge in [0.15, 0.2) is 5.60 Å². The highest BCUT2D eigenvalue weighted by molar-refractivity contribution is 5.17. The van der Waals surface area contributed by atoms with Crippen LogP contribution in [0.25, 0.3) is 0 Å². The molecule has 1 aromatic rings. The second-order valence-corrected chi connectivity index (χ2v) is 4.54. The summed E-state index contributed by atoms with van der Waals surface area (Å²) < 4.78 is 5.38. The van der Waals surface area contributed by atoms with Crippen molar-refractivity contribution in [2.75, 3.05) is 0 Å². The van der Waals surface area contributed by atoms with E-state index in [1.165, 1.54) is 12.8 Å². The summed E-state index contributed by atoms with van der Waals surface area (Å²) in [5.41, 5.74) is -0.535. The van der Waals surface area contributed by atoms with Gasteiger partial charge in [-0.15, -0.1) is 0 Å². The van der Waals surface area contributed by atoms with Gasteiger partial charge in [0.25, 0.3) is 0 Å². The second-order valence-electron chi connectivity index (χ2n) is 4.54. The lowest BCUT2D eigenvalue weighted by Crippen LogP contribution is -2.34. The largest absolute Gasteiger partial charge is 0.466 e. The molecule has 2 aliphatic carbocycles. The van der Waals surface area contributed by atoms with Crippen LogP contribution >= 0.6 is 0 Å². The Morgan fingerprint density at radius 2 is 2.43 bits per heavy atom. The molecule has 0 aliphatic heterocycles. The fourth-order valence-electron chi connectivity index (χ4n) is 3.26. The van der Waals surface area contributed by atoms with Crippen molar-refractivity contribution in [2.45, 2.75) is 31.3 Å². The van der Waals surface area contributed by atoms with Gasteiger partial charge in [0, 0.05) is 0 Å². The van der Waals surface area contributed by atoms with E-state index in [-0.39, 0.29) is 0 Å². The van der Waals surface area contributed by atoms with Crippen LogP contribution in [0.1, 0.15) is 31.4 Å². The zero-order chi connectivity index (χ0) is 9.60. The molecular weight excluding hydrogens is 180 g/mol. The quantitative estimate of drug-likeness (QED) is 0.581. The van der Waals surface area contributed by atoms with E-state index >= 15 is 0 Å². The number of rotatable bonds is 2. The smallest absolute Gasteiger partial charge is 0.163 e. The summed E-state index contributed by atoms with van der Waals surface area (Å²) in [4.78, 5) is 4.78. The molecule has 2 fully saturated rings. The third-order valence-electron chi connectivity index (χ3n) is 3.89. The first-order valence-corrected chi connectivity index (χ1v) is 5.22. The molecule has 2 saturated carbocycles. The summed E-state index contributed by atoms with van der Waals surface area (Å²) in [7, 11) is 0. The molecule has 0 spiro atoms. The first kappa shape index (κ1) is 8.50. The van der Waals surface area contributed by atoms with E-state index in [4.69, 9.17) is 14.6 Å². The zero-order valence-corrected chi connectivity index (χ0v) is 7.98. The average molecular weight is 194 g/mol. The monoisotopic (exact) mass is 194 g/mol. The Balaban J connectivity index is 2.00. The third kappa shape index (κ3) is 0.940. The minimum Gasteiger partial charge on any atom is -0.466 e. The predicted octanol–water partition coefficient (Wildman–Crippen LogP) is 2.78. The van der Waals surface area contributed by atoms with Crippen molar-refractivity contribution in [2.24, 2.45) is 11.8 Å². The van der Waals surface area contributed by atoms with Gasteiger partial charge in [-0.3, -0.25) is 5.26 Å². The Morgan fingerprint density at radius 3 is 2.93 bits per heavy atom. The van der Waals surface area contributed by atoms with E-state index in [0.717, 1.165) is 18.6 Å². The number of hydrogen-bond acceptors (Lipinski definition) is 3. The zero-order valence-electron chi connectivity index (χ0n) is 7.98. The number of fused-ring (bicyclic) bond motifs is 2. The molecule has 3 atom stereocenters. The van der Waals surface area contributed by atoms with Crippen molar-refractivity contribution in [3.63, 3.8) is 0 Å². The molecule has 2 aliphatic rings. The van der Waals surface area contributed by atoms with Crippen LogP contribution in [-0.2, 0) is 10.5 Å². The lowest BCUT2D eigenvalue weighted by Gasteiger charge is -2.32. The molecule has 0 radical (unpaired) electrons. The molecule has 3 rings (SSSR count). The molecular formula is C11H14O3. The SMILES string of the molecule is OO[C@@]1(c2ccco2)CC2CCC1C2. The predicted molar refractivity (Wildman–Crippen MR) is 49.5 cm³/mol. The Morgan fingerprint density at radius 1 is 1.50 bits per heavy atom. The fourth-order valence-corrected chi connectivity index (χ4v) is 3.26. The highest BCUT2D eigenvalue weighted by Crippen LogP contribution is 2.57. The first-order chi connectivity index (χ1) is 6.85. The van der Waals surface area contributed by atoms with Crippen molar-refractivity contribution in [3.05, 3.63) is 24.2 Å². The van der Waals surface area contributed by atoms with Crippen LogP contribution in [0, 0.1) is 11.8 Å². The van der Waals surface area contributed by atoms with E-state index in [9.17, 15) is 0 Å². The summed E-state index contributed by atoms with van der Waals surface area (Å²) in [6.07, 6.45) is 6.13. The molecule has 1 heterocycles. The van der Waals surface area contributed by atoms with Crippen LogP contribution in [0.4, 0.5) is 0 Å². The molecule has 2 unspecified atom stereocenters. The van der Waals surface area contributed by atoms with E-state index in [1.807, 2.05) is 12.1 Å². The second kappa shape index (κ2) is 2.84. The van der Waals surface area contributed by atoms with Crippen LogP contribution in [0.15, 0.2) is 22.8 Å². The average Bonchev–Trinajstić information content (AvgIpc) is 2.93. The topological polar surface area (TPSA) is 42.6 Å². The van der Waals surface area contributed by atoms with E-state index in [0.29, 0.717) is 11.8 Å². The van der Waals surface area contributed by atoms with Gasteiger partial charge in [0.1, 0.15) is 5.76 Å². The lowest BCUT2D eigenvalue weighted by molar-refractivity contribution is -0.347. The van der Waals surface area contributed by atoms with E-state index in [2.05, 4.69) is 0 Å². The molecule has 1 aromatic heterocycles. The van der Waals surface area contributed by atoms with Crippen molar-refractivity contribution < 1.29 is 14.6 Å². The summed E-state index contributed by atoms with van der Waals surface area (Å²) in [6.45, 7) is 0. The van der Waals surface area contributed by atoms with Crippen molar-refractivity contribution >= 4 is 0 Å². The van der Waals surface area contributed by atoms with E-state index in [1.54, 1.807) is 6.26 Å². The Kier molecular flexibility index (Phi) is 1.73.